The molecule has 0 bridgehead atoms. The Labute approximate surface area is 120 Å². The highest BCUT2D eigenvalue weighted by molar-refractivity contribution is 7.98. The summed E-state index contributed by atoms with van der Waals surface area (Å²) in [6.45, 7) is 0.426. The minimum Gasteiger partial charge on any atom is -0.398 e. The number of rotatable bonds is 6. The van der Waals surface area contributed by atoms with Crippen LogP contribution in [0.4, 0.5) is 18.9 Å². The molecular formula is C13H17F3N2OS. The van der Waals surface area contributed by atoms with E-state index in [0.29, 0.717) is 6.54 Å². The Morgan fingerprint density at radius 1 is 1.35 bits per heavy atom. The average molecular weight is 306 g/mol. The van der Waals surface area contributed by atoms with Gasteiger partial charge in [-0.15, -0.1) is 0 Å². The summed E-state index contributed by atoms with van der Waals surface area (Å²) in [5, 5.41) is 2.58. The molecule has 0 spiro atoms. The number of nitrogens with two attached hydrogens (primary N) is 1. The number of hydrogen-bond acceptors (Lipinski definition) is 3. The molecular weight excluding hydrogens is 289 g/mol. The van der Waals surface area contributed by atoms with Gasteiger partial charge >= 0.3 is 6.18 Å². The van der Waals surface area contributed by atoms with Crippen LogP contribution in [-0.2, 0) is 6.18 Å². The summed E-state index contributed by atoms with van der Waals surface area (Å²) in [5.41, 5.74) is 3.80. The van der Waals surface area contributed by atoms with Crippen LogP contribution >= 0.6 is 11.8 Å². The van der Waals surface area contributed by atoms with Crippen molar-refractivity contribution in [3.8, 4) is 0 Å². The first-order valence-electron chi connectivity index (χ1n) is 6.10. The number of alkyl halides is 3. The van der Waals surface area contributed by atoms with E-state index < -0.39 is 23.3 Å². The molecule has 3 N–H and O–H groups in total. The van der Waals surface area contributed by atoms with Crippen LogP contribution in [0.25, 0.3) is 0 Å². The molecule has 0 radical (unpaired) electrons. The number of nitrogen functional groups attached to an aromatic ring is 1. The number of nitrogens with one attached hydrogen (secondary N) is 1. The van der Waals surface area contributed by atoms with Gasteiger partial charge in [-0.3, -0.25) is 4.79 Å². The van der Waals surface area contributed by atoms with Crippen molar-refractivity contribution in [2.75, 3.05) is 24.3 Å². The molecule has 0 saturated heterocycles. The molecule has 7 heteroatoms. The molecule has 3 nitrogen and oxygen atoms in total. The van der Waals surface area contributed by atoms with Crippen LogP contribution in [0.15, 0.2) is 18.2 Å². The van der Waals surface area contributed by atoms with Gasteiger partial charge in [0, 0.05) is 6.54 Å². The maximum absolute atomic E-state index is 12.7. The topological polar surface area (TPSA) is 55.1 Å². The number of anilines is 1. The number of amides is 1. The van der Waals surface area contributed by atoms with Gasteiger partial charge in [0.1, 0.15) is 0 Å². The quantitative estimate of drug-likeness (QED) is 0.627. The second-order valence-electron chi connectivity index (χ2n) is 4.22. The van der Waals surface area contributed by atoms with Crippen molar-refractivity contribution in [3.63, 3.8) is 0 Å². The van der Waals surface area contributed by atoms with E-state index in [1.54, 1.807) is 11.8 Å². The van der Waals surface area contributed by atoms with E-state index in [0.717, 1.165) is 24.7 Å². The molecule has 0 atom stereocenters. The highest BCUT2D eigenvalue weighted by Crippen LogP contribution is 2.34. The normalized spacial score (nSPS) is 11.4. The molecule has 1 rings (SSSR count). The van der Waals surface area contributed by atoms with Crippen molar-refractivity contribution in [2.45, 2.75) is 19.0 Å². The van der Waals surface area contributed by atoms with E-state index >= 15 is 0 Å². The van der Waals surface area contributed by atoms with Gasteiger partial charge in [0.15, 0.2) is 0 Å². The van der Waals surface area contributed by atoms with Crippen molar-refractivity contribution >= 4 is 23.4 Å². The second-order valence-corrected chi connectivity index (χ2v) is 5.21. The summed E-state index contributed by atoms with van der Waals surface area (Å²) in [4.78, 5) is 11.8. The third kappa shape index (κ3) is 4.63. The Morgan fingerprint density at radius 3 is 2.65 bits per heavy atom. The Hall–Kier alpha value is -1.37. The van der Waals surface area contributed by atoms with Crippen LogP contribution in [0, 0.1) is 0 Å². The van der Waals surface area contributed by atoms with E-state index in [2.05, 4.69) is 5.32 Å². The van der Waals surface area contributed by atoms with Crippen LogP contribution in [0.5, 0.6) is 0 Å². The zero-order valence-corrected chi connectivity index (χ0v) is 11.9. The molecule has 112 valence electrons. The van der Waals surface area contributed by atoms with E-state index in [-0.39, 0.29) is 5.56 Å². The number of hydrogen-bond donors (Lipinski definition) is 2. The van der Waals surface area contributed by atoms with Crippen LogP contribution in [-0.4, -0.2) is 24.5 Å². The zero-order chi connectivity index (χ0) is 15.2. The molecule has 0 heterocycles. The molecule has 1 aromatic carbocycles. The number of benzene rings is 1. The highest BCUT2D eigenvalue weighted by Gasteiger charge is 2.34. The second kappa shape index (κ2) is 7.42. The maximum atomic E-state index is 12.7. The first kappa shape index (κ1) is 16.7. The largest absolute Gasteiger partial charge is 0.418 e. The minimum absolute atomic E-state index is 0.135. The van der Waals surface area contributed by atoms with E-state index in [4.69, 9.17) is 5.73 Å². The Kier molecular flexibility index (Phi) is 6.19. The maximum Gasteiger partial charge on any atom is 0.418 e. The van der Waals surface area contributed by atoms with Crippen molar-refractivity contribution < 1.29 is 18.0 Å². The first-order valence-corrected chi connectivity index (χ1v) is 7.50. The van der Waals surface area contributed by atoms with Gasteiger partial charge in [-0.2, -0.15) is 24.9 Å². The first-order chi connectivity index (χ1) is 9.38. The zero-order valence-electron chi connectivity index (χ0n) is 11.1. The molecule has 1 amide bonds. The molecule has 20 heavy (non-hydrogen) atoms. The third-order valence-electron chi connectivity index (χ3n) is 2.72. The van der Waals surface area contributed by atoms with Crippen LogP contribution in [0.1, 0.15) is 28.8 Å². The van der Waals surface area contributed by atoms with Gasteiger partial charge in [-0.05, 0) is 37.0 Å². The Morgan fingerprint density at radius 2 is 2.05 bits per heavy atom. The standard InChI is InChI=1S/C13H17F3N2OS/c1-20-8-3-2-7-18-12(19)9-5-4-6-10(11(9)17)13(14,15)16/h4-6H,2-3,7-8,17H2,1H3,(H,18,19). The predicted molar refractivity (Wildman–Crippen MR) is 75.8 cm³/mol. The highest BCUT2D eigenvalue weighted by atomic mass is 32.2. The van der Waals surface area contributed by atoms with Crippen molar-refractivity contribution in [1.29, 1.82) is 0 Å². The fourth-order valence-electron chi connectivity index (χ4n) is 1.68. The van der Waals surface area contributed by atoms with Crippen molar-refractivity contribution in [2.24, 2.45) is 0 Å². The van der Waals surface area contributed by atoms with Gasteiger partial charge in [0.25, 0.3) is 5.91 Å². The van der Waals surface area contributed by atoms with E-state index in [9.17, 15) is 18.0 Å². The van der Waals surface area contributed by atoms with E-state index in [1.807, 2.05) is 6.26 Å². The van der Waals surface area contributed by atoms with Gasteiger partial charge in [-0.25, -0.2) is 0 Å². The lowest BCUT2D eigenvalue weighted by Crippen LogP contribution is -2.26. The van der Waals surface area contributed by atoms with Gasteiger partial charge in [0.05, 0.1) is 16.8 Å². The van der Waals surface area contributed by atoms with Gasteiger partial charge in [0.2, 0.25) is 0 Å². The molecule has 0 aliphatic carbocycles. The number of para-hydroxylation sites is 1. The van der Waals surface area contributed by atoms with Crippen LogP contribution < -0.4 is 11.1 Å². The summed E-state index contributed by atoms with van der Waals surface area (Å²) in [5.74, 6) is 0.416. The number of halogens is 3. The number of carbonyl (C=O) groups is 1. The lowest BCUT2D eigenvalue weighted by Gasteiger charge is -2.13. The molecule has 0 unspecified atom stereocenters. The summed E-state index contributed by atoms with van der Waals surface area (Å²) < 4.78 is 38.0. The van der Waals surface area contributed by atoms with Gasteiger partial charge in [-0.1, -0.05) is 6.07 Å². The lowest BCUT2D eigenvalue weighted by molar-refractivity contribution is -0.136. The molecule has 0 fully saturated rings. The summed E-state index contributed by atoms with van der Waals surface area (Å²) in [7, 11) is 0. The average Bonchev–Trinajstić information content (AvgIpc) is 2.37. The fourth-order valence-corrected chi connectivity index (χ4v) is 2.17. The summed E-state index contributed by atoms with van der Waals surface area (Å²) in [6, 6.07) is 3.34. The summed E-state index contributed by atoms with van der Waals surface area (Å²) in [6.07, 6.45) is -0.842. The van der Waals surface area contributed by atoms with Crippen molar-refractivity contribution in [3.05, 3.63) is 29.3 Å². The lowest BCUT2D eigenvalue weighted by atomic mass is 10.1. The third-order valence-corrected chi connectivity index (χ3v) is 3.41. The molecule has 0 saturated carbocycles. The monoisotopic (exact) mass is 306 g/mol. The number of unbranched alkanes of at least 4 members (excludes halogenated alkanes) is 1. The molecule has 1 aromatic rings. The number of thioether (sulfide) groups is 1. The molecule has 0 aliphatic heterocycles. The summed E-state index contributed by atoms with van der Waals surface area (Å²) >= 11 is 1.71. The van der Waals surface area contributed by atoms with E-state index in [1.165, 1.54) is 12.1 Å². The Bertz CT molecular complexity index is 463. The number of carbonyl (C=O) groups excluding carboxylic acids is 1. The Balaban J connectivity index is 2.69. The molecule has 0 aliphatic rings. The minimum atomic E-state index is -4.56. The molecule has 0 aromatic heterocycles. The predicted octanol–water partition coefficient (Wildman–Crippen LogP) is 3.16. The smallest absolute Gasteiger partial charge is 0.398 e. The van der Waals surface area contributed by atoms with Gasteiger partial charge < -0.3 is 11.1 Å². The van der Waals surface area contributed by atoms with Crippen molar-refractivity contribution in [1.82, 2.24) is 5.32 Å². The van der Waals surface area contributed by atoms with Crippen LogP contribution in [0.3, 0.4) is 0 Å². The fraction of sp³-hybridized carbons (Fsp3) is 0.462. The SMILES string of the molecule is CSCCCCNC(=O)c1cccc(C(F)(F)F)c1N. The van der Waals surface area contributed by atoms with Crippen LogP contribution in [0.2, 0.25) is 0 Å².